The van der Waals surface area contributed by atoms with Crippen LogP contribution in [-0.4, -0.2) is 0 Å². The van der Waals surface area contributed by atoms with Gasteiger partial charge in [0.25, 0.3) is 0 Å². The van der Waals surface area contributed by atoms with Gasteiger partial charge in [-0.3, -0.25) is 5.84 Å². The molecule has 6 heteroatoms. The molecular weight excluding hydrogens is 479 g/mol. The second-order valence-corrected chi connectivity index (χ2v) is 7.12. The van der Waals surface area contributed by atoms with E-state index in [4.69, 9.17) is 5.84 Å². The summed E-state index contributed by atoms with van der Waals surface area (Å²) < 4.78 is 3.33. The van der Waals surface area contributed by atoms with Crippen molar-refractivity contribution < 1.29 is 0 Å². The molecule has 90 valence electrons. The van der Waals surface area contributed by atoms with Crippen LogP contribution in [0.3, 0.4) is 0 Å². The Morgan fingerprint density at radius 3 is 2.59 bits per heavy atom. The molecule has 0 fully saturated rings. The second kappa shape index (κ2) is 6.12. The highest BCUT2D eigenvalue weighted by atomic mass is 127. The first-order valence-corrected chi connectivity index (χ1v) is 8.37. The molecule has 0 aliphatic heterocycles. The molecule has 0 bridgehead atoms. The Morgan fingerprint density at radius 2 is 2.00 bits per heavy atom. The van der Waals surface area contributed by atoms with Crippen molar-refractivity contribution in [1.82, 2.24) is 5.43 Å². The molecule has 0 aliphatic carbocycles. The third-order valence-corrected chi connectivity index (χ3v) is 5.62. The topological polar surface area (TPSA) is 38.0 Å². The zero-order valence-corrected chi connectivity index (χ0v) is 14.7. The number of nitrogens with one attached hydrogen (secondary N) is 1. The SMILES string of the molecule is NNC(c1cscc1Br)c1cc(Br)ccc1I. The minimum absolute atomic E-state index is 0.0000231. The molecule has 0 amide bonds. The van der Waals surface area contributed by atoms with E-state index in [0.717, 1.165) is 14.5 Å². The van der Waals surface area contributed by atoms with Gasteiger partial charge >= 0.3 is 0 Å². The summed E-state index contributed by atoms with van der Waals surface area (Å²) in [5.41, 5.74) is 5.21. The quantitative estimate of drug-likeness (QED) is 0.382. The maximum atomic E-state index is 5.70. The number of hydrogen-bond donors (Lipinski definition) is 2. The number of benzene rings is 1. The lowest BCUT2D eigenvalue weighted by Gasteiger charge is -2.18. The van der Waals surface area contributed by atoms with Crippen LogP contribution >= 0.6 is 65.8 Å². The van der Waals surface area contributed by atoms with Crippen LogP contribution in [0.1, 0.15) is 17.2 Å². The van der Waals surface area contributed by atoms with Crippen LogP contribution in [-0.2, 0) is 0 Å². The number of hydrazine groups is 1. The summed E-state index contributed by atoms with van der Waals surface area (Å²) in [6.45, 7) is 0. The molecule has 2 nitrogen and oxygen atoms in total. The Bertz CT molecular complexity index is 530. The van der Waals surface area contributed by atoms with Crippen molar-refractivity contribution in [3.8, 4) is 0 Å². The smallest absolute Gasteiger partial charge is 0.0739 e. The van der Waals surface area contributed by atoms with Crippen LogP contribution < -0.4 is 11.3 Å². The lowest BCUT2D eigenvalue weighted by molar-refractivity contribution is 0.634. The molecule has 0 radical (unpaired) electrons. The molecule has 0 saturated heterocycles. The van der Waals surface area contributed by atoms with E-state index in [9.17, 15) is 0 Å². The lowest BCUT2D eigenvalue weighted by Crippen LogP contribution is -2.29. The standard InChI is InChI=1S/C11H9Br2IN2S/c12-6-1-2-10(14)7(3-6)11(16-15)8-4-17-5-9(8)13/h1-5,11,16H,15H2. The fourth-order valence-electron chi connectivity index (χ4n) is 1.58. The van der Waals surface area contributed by atoms with Gasteiger partial charge in [0.2, 0.25) is 0 Å². The van der Waals surface area contributed by atoms with Crippen LogP contribution in [0.2, 0.25) is 0 Å². The van der Waals surface area contributed by atoms with Crippen molar-refractivity contribution in [1.29, 1.82) is 0 Å². The summed E-state index contributed by atoms with van der Waals surface area (Å²) in [7, 11) is 0. The van der Waals surface area contributed by atoms with Crippen LogP contribution in [0, 0.1) is 3.57 Å². The Morgan fingerprint density at radius 1 is 1.24 bits per heavy atom. The van der Waals surface area contributed by atoms with Crippen LogP contribution in [0.5, 0.6) is 0 Å². The van der Waals surface area contributed by atoms with Gasteiger partial charge in [0.1, 0.15) is 0 Å². The molecule has 0 saturated carbocycles. The van der Waals surface area contributed by atoms with E-state index in [2.05, 4.69) is 82.8 Å². The number of hydrogen-bond acceptors (Lipinski definition) is 3. The molecule has 0 aliphatic rings. The molecule has 1 atom stereocenters. The number of thiophene rings is 1. The molecular formula is C11H9Br2IN2S. The highest BCUT2D eigenvalue weighted by molar-refractivity contribution is 14.1. The Kier molecular flexibility index (Phi) is 5.02. The van der Waals surface area contributed by atoms with Gasteiger partial charge in [-0.25, -0.2) is 5.43 Å². The van der Waals surface area contributed by atoms with E-state index < -0.39 is 0 Å². The van der Waals surface area contributed by atoms with Crippen molar-refractivity contribution in [2.24, 2.45) is 5.84 Å². The average Bonchev–Trinajstić information content (AvgIpc) is 2.71. The van der Waals surface area contributed by atoms with Crippen molar-refractivity contribution in [3.63, 3.8) is 0 Å². The first-order valence-electron chi connectivity index (χ1n) is 4.76. The van der Waals surface area contributed by atoms with E-state index in [1.54, 1.807) is 11.3 Å². The third-order valence-electron chi connectivity index (χ3n) is 2.39. The van der Waals surface area contributed by atoms with Gasteiger partial charge in [-0.1, -0.05) is 15.9 Å². The second-order valence-electron chi connectivity index (χ2n) is 3.44. The summed E-state index contributed by atoms with van der Waals surface area (Å²) in [6.07, 6.45) is 0. The first-order chi connectivity index (χ1) is 8.13. The zero-order valence-electron chi connectivity index (χ0n) is 8.58. The normalized spacial score (nSPS) is 12.7. The predicted molar refractivity (Wildman–Crippen MR) is 88.0 cm³/mol. The van der Waals surface area contributed by atoms with Crippen LogP contribution in [0.25, 0.3) is 0 Å². The van der Waals surface area contributed by atoms with Crippen molar-refractivity contribution in [2.75, 3.05) is 0 Å². The van der Waals surface area contributed by atoms with E-state index in [1.807, 2.05) is 6.07 Å². The molecule has 2 rings (SSSR count). The number of halogens is 3. The lowest BCUT2D eigenvalue weighted by atomic mass is 10.0. The predicted octanol–water partition coefficient (Wildman–Crippen LogP) is 4.43. The van der Waals surface area contributed by atoms with E-state index >= 15 is 0 Å². The van der Waals surface area contributed by atoms with E-state index in [-0.39, 0.29) is 6.04 Å². The fourth-order valence-corrected chi connectivity index (χ4v) is 4.16. The van der Waals surface area contributed by atoms with Crippen molar-refractivity contribution >= 4 is 65.8 Å². The van der Waals surface area contributed by atoms with Gasteiger partial charge in [0.05, 0.1) is 6.04 Å². The third kappa shape index (κ3) is 3.10. The first kappa shape index (κ1) is 14.0. The van der Waals surface area contributed by atoms with Gasteiger partial charge in [-0.2, -0.15) is 11.3 Å². The Labute approximate surface area is 134 Å². The van der Waals surface area contributed by atoms with Crippen molar-refractivity contribution in [3.05, 3.63) is 52.6 Å². The largest absolute Gasteiger partial charge is 0.271 e. The Balaban J connectivity index is 2.49. The molecule has 17 heavy (non-hydrogen) atoms. The monoisotopic (exact) mass is 486 g/mol. The van der Waals surface area contributed by atoms with Crippen LogP contribution in [0.4, 0.5) is 0 Å². The molecule has 3 N–H and O–H groups in total. The maximum Gasteiger partial charge on any atom is 0.0739 e. The van der Waals surface area contributed by atoms with Crippen LogP contribution in [0.15, 0.2) is 37.9 Å². The summed E-state index contributed by atoms with van der Waals surface area (Å²) in [4.78, 5) is 0. The van der Waals surface area contributed by atoms with Gasteiger partial charge in [0.15, 0.2) is 0 Å². The maximum absolute atomic E-state index is 5.70. The van der Waals surface area contributed by atoms with Gasteiger partial charge in [-0.15, -0.1) is 0 Å². The Hall–Kier alpha value is 0.530. The summed E-state index contributed by atoms with van der Waals surface area (Å²) in [5.74, 6) is 5.70. The highest BCUT2D eigenvalue weighted by Gasteiger charge is 2.18. The number of rotatable bonds is 3. The molecule has 0 spiro atoms. The molecule has 1 heterocycles. The van der Waals surface area contributed by atoms with Gasteiger partial charge < -0.3 is 0 Å². The number of nitrogens with two attached hydrogens (primary N) is 1. The summed E-state index contributed by atoms with van der Waals surface area (Å²) in [5, 5.41) is 4.16. The van der Waals surface area contributed by atoms with Gasteiger partial charge in [-0.05, 0) is 73.2 Å². The van der Waals surface area contributed by atoms with Gasteiger partial charge in [0, 0.05) is 17.9 Å². The zero-order chi connectivity index (χ0) is 12.4. The minimum Gasteiger partial charge on any atom is -0.271 e. The molecule has 1 aromatic heterocycles. The summed E-state index contributed by atoms with van der Waals surface area (Å²) >= 11 is 11.0. The molecule has 1 aromatic carbocycles. The molecule has 2 aromatic rings. The highest BCUT2D eigenvalue weighted by Crippen LogP contribution is 2.34. The van der Waals surface area contributed by atoms with E-state index in [1.165, 1.54) is 9.13 Å². The average molecular weight is 488 g/mol. The van der Waals surface area contributed by atoms with Crippen molar-refractivity contribution in [2.45, 2.75) is 6.04 Å². The molecule has 1 unspecified atom stereocenters. The fraction of sp³-hybridized carbons (Fsp3) is 0.0909. The summed E-state index contributed by atoms with van der Waals surface area (Å²) in [6, 6.07) is 6.20. The minimum atomic E-state index is 0.0000231. The van der Waals surface area contributed by atoms with E-state index in [0.29, 0.717) is 0 Å².